The molecule has 1 aliphatic heterocycles. The van der Waals surface area contributed by atoms with Gasteiger partial charge in [-0.1, -0.05) is 6.07 Å². The zero-order valence-corrected chi connectivity index (χ0v) is 20.6. The van der Waals surface area contributed by atoms with Crippen LogP contribution in [0.4, 0.5) is 10.3 Å². The fourth-order valence-electron chi connectivity index (χ4n) is 3.87. The molecule has 1 saturated heterocycles. The maximum Gasteiger partial charge on any atom is 0.230 e. The summed E-state index contributed by atoms with van der Waals surface area (Å²) in [5.41, 5.74) is 1.69. The quantitative estimate of drug-likeness (QED) is 0.344. The maximum atomic E-state index is 13.6. The molecule has 0 bridgehead atoms. The Morgan fingerprint density at radius 3 is 2.67 bits per heavy atom. The lowest BCUT2D eigenvalue weighted by molar-refractivity contribution is -0.230. The summed E-state index contributed by atoms with van der Waals surface area (Å²) in [6.45, 7) is 2.73. The molecule has 0 radical (unpaired) electrons. The number of hydrogen-bond acceptors (Lipinski definition) is 8. The highest BCUT2D eigenvalue weighted by atomic mass is 32.1. The molecule has 1 amide bonds. The van der Waals surface area contributed by atoms with E-state index in [-0.39, 0.29) is 24.9 Å². The number of ether oxygens (including phenoxy) is 2. The van der Waals surface area contributed by atoms with Crippen molar-refractivity contribution in [2.75, 3.05) is 25.6 Å². The average molecular weight is 509 g/mol. The van der Waals surface area contributed by atoms with Crippen LogP contribution < -0.4 is 10.6 Å². The zero-order valence-electron chi connectivity index (χ0n) is 19.7. The third kappa shape index (κ3) is 4.99. The number of hydrogen-bond donors (Lipinski definition) is 3. The summed E-state index contributed by atoms with van der Waals surface area (Å²) in [5.74, 6) is 0.394. The number of carbonyl (C=O) groups is 1. The van der Waals surface area contributed by atoms with E-state index in [1.807, 2.05) is 17.5 Å². The van der Waals surface area contributed by atoms with Gasteiger partial charge in [0.25, 0.3) is 0 Å². The van der Waals surface area contributed by atoms with Gasteiger partial charge >= 0.3 is 0 Å². The lowest BCUT2D eigenvalue weighted by Crippen LogP contribution is -2.47. The van der Waals surface area contributed by atoms with E-state index in [0.29, 0.717) is 41.0 Å². The van der Waals surface area contributed by atoms with E-state index in [1.165, 1.54) is 12.1 Å². The first-order valence-corrected chi connectivity index (χ1v) is 12.2. The zero-order chi connectivity index (χ0) is 25.1. The molecular formula is C25H25FN6O3S. The normalized spacial score (nSPS) is 19.7. The van der Waals surface area contributed by atoms with Crippen LogP contribution >= 0.6 is 11.3 Å². The molecule has 36 heavy (non-hydrogen) atoms. The number of nitrogens with zero attached hydrogens (tertiary/aromatic N) is 3. The number of nitrogens with one attached hydrogen (secondary N) is 3. The Bertz CT molecular complexity index is 1330. The van der Waals surface area contributed by atoms with E-state index in [0.717, 1.165) is 4.88 Å². The number of thiophene rings is 1. The lowest BCUT2D eigenvalue weighted by Gasteiger charge is -2.34. The SMILES string of the molecule is CNC(=O)C1(C)COC(c2nc(-c3ccc(F)cc3)c(-c3ccnc(NCc4cccs4)n3)[nH]2)OC1. The Morgan fingerprint density at radius 1 is 1.19 bits per heavy atom. The third-order valence-corrected chi connectivity index (χ3v) is 6.73. The molecule has 4 aromatic rings. The van der Waals surface area contributed by atoms with Crippen molar-refractivity contribution < 1.29 is 18.7 Å². The summed E-state index contributed by atoms with van der Waals surface area (Å²) in [4.78, 5) is 30.4. The Hall–Kier alpha value is -3.67. The van der Waals surface area contributed by atoms with Gasteiger partial charge in [0, 0.05) is 23.7 Å². The molecule has 0 spiro atoms. The minimum Gasteiger partial charge on any atom is -0.359 e. The van der Waals surface area contributed by atoms with Crippen molar-refractivity contribution in [3.8, 4) is 22.6 Å². The molecule has 1 aromatic carbocycles. The summed E-state index contributed by atoms with van der Waals surface area (Å²) >= 11 is 1.65. The monoisotopic (exact) mass is 508 g/mol. The number of halogens is 1. The van der Waals surface area contributed by atoms with E-state index < -0.39 is 11.7 Å². The van der Waals surface area contributed by atoms with Gasteiger partial charge in [-0.15, -0.1) is 11.3 Å². The van der Waals surface area contributed by atoms with E-state index in [1.54, 1.807) is 49.7 Å². The largest absolute Gasteiger partial charge is 0.359 e. The Morgan fingerprint density at radius 2 is 1.97 bits per heavy atom. The second kappa shape index (κ2) is 10.1. The number of aromatic amines is 1. The Kier molecular flexibility index (Phi) is 6.77. The first kappa shape index (κ1) is 24.0. The second-order valence-electron chi connectivity index (χ2n) is 8.64. The molecule has 1 fully saturated rings. The molecule has 186 valence electrons. The van der Waals surface area contributed by atoms with Crippen molar-refractivity contribution in [3.05, 3.63) is 70.6 Å². The maximum absolute atomic E-state index is 13.6. The van der Waals surface area contributed by atoms with Crippen molar-refractivity contribution in [3.63, 3.8) is 0 Å². The number of rotatable bonds is 7. The highest BCUT2D eigenvalue weighted by Gasteiger charge is 2.40. The summed E-state index contributed by atoms with van der Waals surface area (Å²) in [7, 11) is 1.58. The Labute approximate surface area is 211 Å². The van der Waals surface area contributed by atoms with Crippen LogP contribution in [-0.2, 0) is 20.8 Å². The van der Waals surface area contributed by atoms with Gasteiger partial charge in [0.05, 0.1) is 42.3 Å². The van der Waals surface area contributed by atoms with Crippen molar-refractivity contribution >= 4 is 23.2 Å². The third-order valence-electron chi connectivity index (χ3n) is 5.86. The van der Waals surface area contributed by atoms with Crippen molar-refractivity contribution in [1.29, 1.82) is 0 Å². The lowest BCUT2D eigenvalue weighted by atomic mass is 9.91. The molecule has 9 nitrogen and oxygen atoms in total. The van der Waals surface area contributed by atoms with Crippen molar-refractivity contribution in [2.45, 2.75) is 19.8 Å². The number of anilines is 1. The van der Waals surface area contributed by atoms with Crippen LogP contribution in [0.25, 0.3) is 22.6 Å². The highest BCUT2D eigenvalue weighted by Crippen LogP contribution is 2.35. The van der Waals surface area contributed by atoms with E-state index in [4.69, 9.17) is 14.5 Å². The fraction of sp³-hybridized carbons (Fsp3) is 0.280. The van der Waals surface area contributed by atoms with Gasteiger partial charge in [-0.05, 0) is 48.7 Å². The summed E-state index contributed by atoms with van der Waals surface area (Å²) < 4.78 is 25.4. The van der Waals surface area contributed by atoms with Crippen LogP contribution in [0.15, 0.2) is 54.0 Å². The van der Waals surface area contributed by atoms with Gasteiger partial charge in [-0.25, -0.2) is 19.3 Å². The molecule has 1 aliphatic rings. The summed E-state index contributed by atoms with van der Waals surface area (Å²) in [6.07, 6.45) is 0.866. The van der Waals surface area contributed by atoms with Gasteiger partial charge in [0.2, 0.25) is 18.1 Å². The number of amides is 1. The van der Waals surface area contributed by atoms with Crippen LogP contribution in [-0.4, -0.2) is 46.1 Å². The van der Waals surface area contributed by atoms with Crippen molar-refractivity contribution in [2.24, 2.45) is 5.41 Å². The summed E-state index contributed by atoms with van der Waals surface area (Å²) in [5, 5.41) is 7.89. The van der Waals surface area contributed by atoms with E-state index >= 15 is 0 Å². The molecule has 0 saturated carbocycles. The molecule has 3 aromatic heterocycles. The van der Waals surface area contributed by atoms with Gasteiger partial charge < -0.3 is 25.1 Å². The molecule has 3 N–H and O–H groups in total. The molecular weight excluding hydrogens is 483 g/mol. The van der Waals surface area contributed by atoms with Crippen LogP contribution in [0.3, 0.4) is 0 Å². The number of carbonyl (C=O) groups excluding carboxylic acids is 1. The molecule has 5 rings (SSSR count). The topological polar surface area (TPSA) is 114 Å². The van der Waals surface area contributed by atoms with Gasteiger partial charge in [0.1, 0.15) is 5.82 Å². The number of aromatic nitrogens is 4. The first-order chi connectivity index (χ1) is 17.4. The number of imidazole rings is 1. The molecule has 0 aliphatic carbocycles. The average Bonchev–Trinajstić information content (AvgIpc) is 3.59. The van der Waals surface area contributed by atoms with Gasteiger partial charge in [0.15, 0.2) is 5.82 Å². The van der Waals surface area contributed by atoms with Crippen LogP contribution in [0.2, 0.25) is 0 Å². The predicted octanol–water partition coefficient (Wildman–Crippen LogP) is 4.14. The molecule has 4 heterocycles. The predicted molar refractivity (Wildman–Crippen MR) is 133 cm³/mol. The smallest absolute Gasteiger partial charge is 0.230 e. The first-order valence-electron chi connectivity index (χ1n) is 11.4. The van der Waals surface area contributed by atoms with Crippen LogP contribution in [0.5, 0.6) is 0 Å². The number of H-pyrrole nitrogens is 1. The second-order valence-corrected chi connectivity index (χ2v) is 9.68. The van der Waals surface area contributed by atoms with Gasteiger partial charge in [-0.2, -0.15) is 0 Å². The van der Waals surface area contributed by atoms with E-state index in [2.05, 4.69) is 25.6 Å². The minimum atomic E-state index is -0.797. The van der Waals surface area contributed by atoms with Gasteiger partial charge in [-0.3, -0.25) is 4.79 Å². The van der Waals surface area contributed by atoms with Crippen LogP contribution in [0, 0.1) is 11.2 Å². The molecule has 0 atom stereocenters. The molecule has 11 heteroatoms. The van der Waals surface area contributed by atoms with Crippen molar-refractivity contribution in [1.82, 2.24) is 25.3 Å². The number of benzene rings is 1. The minimum absolute atomic E-state index is 0.156. The standard InChI is InChI=1S/C25H25FN6O3S/c1-25(23(33)27-2)13-34-22(35-14-25)21-31-19(15-5-7-16(26)8-6-15)20(32-21)18-9-10-28-24(30-18)29-12-17-4-3-11-36-17/h3-11,22H,12-14H2,1-2H3,(H,27,33)(H,31,32)(H,28,29,30). The molecule has 0 unspecified atom stereocenters. The van der Waals surface area contributed by atoms with E-state index in [9.17, 15) is 9.18 Å². The highest BCUT2D eigenvalue weighted by molar-refractivity contribution is 7.09. The van der Waals surface area contributed by atoms with Crippen LogP contribution in [0.1, 0.15) is 23.9 Å². The fourth-order valence-corrected chi connectivity index (χ4v) is 4.51. The summed E-state index contributed by atoms with van der Waals surface area (Å²) in [6, 6.07) is 11.9. The Balaban J connectivity index is 1.45.